The zero-order valence-corrected chi connectivity index (χ0v) is 20.2. The molecule has 0 aliphatic carbocycles. The Morgan fingerprint density at radius 3 is 2.39 bits per heavy atom. The van der Waals surface area contributed by atoms with Crippen molar-refractivity contribution in [2.45, 2.75) is 64.2 Å². The van der Waals surface area contributed by atoms with Crippen molar-refractivity contribution >= 4 is 5.91 Å². The number of methoxy groups -OCH3 is 2. The third kappa shape index (κ3) is 5.17. The lowest BCUT2D eigenvalue weighted by molar-refractivity contribution is 0.0825. The van der Waals surface area contributed by atoms with E-state index in [1.807, 2.05) is 24.3 Å². The van der Waals surface area contributed by atoms with Gasteiger partial charge in [0.2, 0.25) is 0 Å². The molecule has 6 heteroatoms. The molecule has 0 radical (unpaired) electrons. The molecule has 0 spiro atoms. The van der Waals surface area contributed by atoms with Gasteiger partial charge in [0.25, 0.3) is 5.91 Å². The molecule has 2 fully saturated rings. The summed E-state index contributed by atoms with van der Waals surface area (Å²) in [6, 6.07) is 12.9. The number of amides is 1. The summed E-state index contributed by atoms with van der Waals surface area (Å²) in [5.41, 5.74) is 4.47. The van der Waals surface area contributed by atoms with E-state index in [1.165, 1.54) is 29.5 Å². The second-order valence-corrected chi connectivity index (χ2v) is 9.21. The van der Waals surface area contributed by atoms with Crippen molar-refractivity contribution in [1.82, 2.24) is 10.2 Å². The van der Waals surface area contributed by atoms with Crippen LogP contribution < -0.4 is 14.8 Å². The van der Waals surface area contributed by atoms with Gasteiger partial charge in [-0.3, -0.25) is 9.69 Å². The Balaban J connectivity index is 1.39. The minimum atomic E-state index is -0.0409. The van der Waals surface area contributed by atoms with Gasteiger partial charge in [-0.2, -0.15) is 0 Å². The highest BCUT2D eigenvalue weighted by Crippen LogP contribution is 2.38. The Kier molecular flexibility index (Phi) is 7.56. The molecular weight excluding hydrogens is 416 g/mol. The summed E-state index contributed by atoms with van der Waals surface area (Å²) in [5.74, 6) is 1.52. The first-order valence-corrected chi connectivity index (χ1v) is 11.9. The van der Waals surface area contributed by atoms with Crippen LogP contribution in [0.3, 0.4) is 0 Å². The van der Waals surface area contributed by atoms with Crippen LogP contribution in [0.25, 0.3) is 0 Å². The van der Waals surface area contributed by atoms with E-state index in [-0.39, 0.29) is 11.9 Å². The molecule has 2 aromatic rings. The molecule has 2 saturated heterocycles. The molecule has 1 N–H and O–H groups in total. The van der Waals surface area contributed by atoms with Crippen molar-refractivity contribution in [3.63, 3.8) is 0 Å². The van der Waals surface area contributed by atoms with E-state index in [9.17, 15) is 4.79 Å². The van der Waals surface area contributed by atoms with Gasteiger partial charge in [-0.1, -0.05) is 18.2 Å². The number of nitrogens with one attached hydrogen (secondary N) is 1. The second-order valence-electron chi connectivity index (χ2n) is 9.21. The van der Waals surface area contributed by atoms with Crippen molar-refractivity contribution in [3.05, 3.63) is 58.7 Å². The van der Waals surface area contributed by atoms with E-state index < -0.39 is 0 Å². The number of carbonyl (C=O) groups excluding carboxylic acids is 1. The number of fused-ring (bicyclic) bond motifs is 2. The summed E-state index contributed by atoms with van der Waals surface area (Å²) < 4.78 is 16.3. The van der Waals surface area contributed by atoms with Crippen LogP contribution in [-0.2, 0) is 11.3 Å². The summed E-state index contributed by atoms with van der Waals surface area (Å²) in [7, 11) is 3.29. The number of hydrogen-bond acceptors (Lipinski definition) is 5. The predicted molar refractivity (Wildman–Crippen MR) is 129 cm³/mol. The number of carbonyl (C=O) groups is 1. The molecule has 2 aromatic carbocycles. The van der Waals surface area contributed by atoms with E-state index in [2.05, 4.69) is 36.2 Å². The van der Waals surface area contributed by atoms with Crippen molar-refractivity contribution in [1.29, 1.82) is 0 Å². The first-order chi connectivity index (χ1) is 16.0. The second kappa shape index (κ2) is 10.6. The number of nitrogens with zero attached hydrogens (tertiary/aromatic N) is 1. The van der Waals surface area contributed by atoms with Gasteiger partial charge >= 0.3 is 0 Å². The summed E-state index contributed by atoms with van der Waals surface area (Å²) >= 11 is 0. The molecule has 33 heavy (non-hydrogen) atoms. The van der Waals surface area contributed by atoms with Crippen LogP contribution in [0.5, 0.6) is 11.5 Å². The Labute approximate surface area is 197 Å². The van der Waals surface area contributed by atoms with E-state index >= 15 is 0 Å². The standard InChI is InChI=1S/C27H36N2O4/c1-18-19(2)25(33-14-13-31-3)12-9-20(18)17-29-22-10-11-23(29)16-21(15-22)28-27(30)24-7-5-6-8-26(24)32-4/h5-9,12,21-23H,10-11,13-17H2,1-4H3,(H,28,30). The maximum absolute atomic E-state index is 12.9. The summed E-state index contributed by atoms with van der Waals surface area (Å²) in [4.78, 5) is 15.5. The Bertz CT molecular complexity index is 963. The zero-order valence-electron chi connectivity index (χ0n) is 20.2. The predicted octanol–water partition coefficient (Wildman–Crippen LogP) is 4.26. The number of benzene rings is 2. The Morgan fingerprint density at radius 1 is 0.970 bits per heavy atom. The van der Waals surface area contributed by atoms with Crippen LogP contribution in [0.15, 0.2) is 36.4 Å². The van der Waals surface area contributed by atoms with E-state index in [0.717, 1.165) is 25.1 Å². The number of piperidine rings is 1. The Hall–Kier alpha value is -2.57. The van der Waals surface area contributed by atoms with Crippen molar-refractivity contribution in [3.8, 4) is 11.5 Å². The monoisotopic (exact) mass is 452 g/mol. The largest absolute Gasteiger partial charge is 0.496 e. The summed E-state index contributed by atoms with van der Waals surface area (Å²) in [6.45, 7) is 6.43. The number of hydrogen-bond donors (Lipinski definition) is 1. The van der Waals surface area contributed by atoms with Crippen molar-refractivity contribution < 1.29 is 19.0 Å². The number of para-hydroxylation sites is 1. The highest BCUT2D eigenvalue weighted by Gasteiger charge is 2.41. The summed E-state index contributed by atoms with van der Waals surface area (Å²) in [5, 5.41) is 3.28. The lowest BCUT2D eigenvalue weighted by Gasteiger charge is -2.39. The van der Waals surface area contributed by atoms with E-state index in [4.69, 9.17) is 14.2 Å². The van der Waals surface area contributed by atoms with Crippen LogP contribution in [0, 0.1) is 13.8 Å². The third-order valence-electron chi connectivity index (χ3n) is 7.32. The van der Waals surface area contributed by atoms with Crippen LogP contribution >= 0.6 is 0 Å². The lowest BCUT2D eigenvalue weighted by Crippen LogP contribution is -2.50. The quantitative estimate of drug-likeness (QED) is 0.576. The van der Waals surface area contributed by atoms with Crippen LogP contribution in [0.4, 0.5) is 0 Å². The third-order valence-corrected chi connectivity index (χ3v) is 7.32. The molecule has 2 bridgehead atoms. The van der Waals surface area contributed by atoms with Crippen LogP contribution in [0.1, 0.15) is 52.7 Å². The van der Waals surface area contributed by atoms with Crippen molar-refractivity contribution in [2.75, 3.05) is 27.4 Å². The van der Waals surface area contributed by atoms with Gasteiger partial charge < -0.3 is 19.5 Å². The smallest absolute Gasteiger partial charge is 0.255 e. The maximum Gasteiger partial charge on any atom is 0.255 e. The molecule has 178 valence electrons. The molecule has 2 aliphatic rings. The van der Waals surface area contributed by atoms with Gasteiger partial charge in [-0.15, -0.1) is 0 Å². The first kappa shape index (κ1) is 23.6. The molecule has 4 rings (SSSR count). The Morgan fingerprint density at radius 2 is 1.70 bits per heavy atom. The van der Waals surface area contributed by atoms with E-state index in [1.54, 1.807) is 14.2 Å². The average molecular weight is 453 g/mol. The highest BCUT2D eigenvalue weighted by atomic mass is 16.5. The van der Waals surface area contributed by atoms with Gasteiger partial charge in [0.1, 0.15) is 18.1 Å². The maximum atomic E-state index is 12.9. The first-order valence-electron chi connectivity index (χ1n) is 11.9. The molecule has 2 aliphatic heterocycles. The highest BCUT2D eigenvalue weighted by molar-refractivity contribution is 5.97. The fourth-order valence-corrected chi connectivity index (χ4v) is 5.36. The minimum absolute atomic E-state index is 0.0409. The molecule has 2 heterocycles. The van der Waals surface area contributed by atoms with E-state index in [0.29, 0.717) is 36.6 Å². The van der Waals surface area contributed by atoms with Crippen LogP contribution in [0.2, 0.25) is 0 Å². The topological polar surface area (TPSA) is 60.0 Å². The van der Waals surface area contributed by atoms with Gasteiger partial charge in [0.05, 0.1) is 19.3 Å². The fraction of sp³-hybridized carbons (Fsp3) is 0.519. The molecule has 0 saturated carbocycles. The molecular formula is C27H36N2O4. The van der Waals surface area contributed by atoms with Gasteiger partial charge in [0.15, 0.2) is 0 Å². The molecule has 6 nitrogen and oxygen atoms in total. The molecule has 1 amide bonds. The SMILES string of the molecule is COCCOc1ccc(CN2C3CCC2CC(NC(=O)c2ccccc2OC)C3)c(C)c1C. The normalized spacial score (nSPS) is 22.2. The fourth-order valence-electron chi connectivity index (χ4n) is 5.36. The van der Waals surface area contributed by atoms with Gasteiger partial charge in [-0.05, 0) is 74.4 Å². The zero-order chi connectivity index (χ0) is 23.4. The molecule has 0 aromatic heterocycles. The number of ether oxygens (including phenoxy) is 3. The molecule has 2 unspecified atom stereocenters. The van der Waals surface area contributed by atoms with Gasteiger partial charge in [0, 0.05) is 31.8 Å². The van der Waals surface area contributed by atoms with Crippen molar-refractivity contribution in [2.24, 2.45) is 0 Å². The minimum Gasteiger partial charge on any atom is -0.496 e. The molecule has 2 atom stereocenters. The van der Waals surface area contributed by atoms with Gasteiger partial charge in [-0.25, -0.2) is 0 Å². The lowest BCUT2D eigenvalue weighted by atomic mass is 9.94. The summed E-state index contributed by atoms with van der Waals surface area (Å²) in [6.07, 6.45) is 4.38. The van der Waals surface area contributed by atoms with Crippen LogP contribution in [-0.4, -0.2) is 56.4 Å². The average Bonchev–Trinajstić information content (AvgIpc) is 3.05. The number of rotatable bonds is 9.